The molecule has 1 amide bonds. The van der Waals surface area contributed by atoms with Crippen LogP contribution in [0.4, 0.5) is 0 Å². The molecule has 0 aliphatic heterocycles. The molecule has 0 N–H and O–H groups in total. The molecular weight excluding hydrogens is 314 g/mol. The number of rotatable bonds is 3. The summed E-state index contributed by atoms with van der Waals surface area (Å²) >= 11 is 3.52. The maximum absolute atomic E-state index is 12.5. The zero-order valence-corrected chi connectivity index (χ0v) is 13.6. The Hall–Kier alpha value is -1.61. The molecule has 0 saturated carbocycles. The molecule has 3 heteroatoms. The third-order valence-corrected chi connectivity index (χ3v) is 4.32. The molecule has 0 unspecified atom stereocenters. The highest BCUT2D eigenvalue weighted by atomic mass is 79.9. The Bertz CT molecular complexity index is 637. The van der Waals surface area contributed by atoms with Crippen molar-refractivity contribution in [2.45, 2.75) is 20.4 Å². The van der Waals surface area contributed by atoms with Crippen molar-refractivity contribution in [3.8, 4) is 0 Å². The SMILES string of the molecule is Cc1cccc(C(=O)N(C)Cc2ccccc2Br)c1C. The number of carbonyl (C=O) groups excluding carboxylic acids is 1. The van der Waals surface area contributed by atoms with Crippen LogP contribution in [0.15, 0.2) is 46.9 Å². The molecule has 0 atom stereocenters. The summed E-state index contributed by atoms with van der Waals surface area (Å²) in [7, 11) is 1.84. The Morgan fingerprint density at radius 3 is 2.50 bits per heavy atom. The smallest absolute Gasteiger partial charge is 0.254 e. The zero-order chi connectivity index (χ0) is 14.7. The van der Waals surface area contributed by atoms with Crippen LogP contribution in [0.25, 0.3) is 0 Å². The number of carbonyl (C=O) groups is 1. The normalized spacial score (nSPS) is 10.4. The highest BCUT2D eigenvalue weighted by Crippen LogP contribution is 2.19. The summed E-state index contributed by atoms with van der Waals surface area (Å²) in [5.74, 6) is 0.0574. The van der Waals surface area contributed by atoms with Gasteiger partial charge in [-0.05, 0) is 42.7 Å². The van der Waals surface area contributed by atoms with E-state index in [0.29, 0.717) is 6.54 Å². The predicted molar refractivity (Wildman–Crippen MR) is 85.9 cm³/mol. The second kappa shape index (κ2) is 6.23. The van der Waals surface area contributed by atoms with Gasteiger partial charge in [0.1, 0.15) is 0 Å². The molecular formula is C17H18BrNO. The molecule has 0 radical (unpaired) electrons. The van der Waals surface area contributed by atoms with Crippen LogP contribution in [0.5, 0.6) is 0 Å². The molecule has 0 heterocycles. The molecule has 0 bridgehead atoms. The fourth-order valence-electron chi connectivity index (χ4n) is 2.14. The molecule has 0 aliphatic carbocycles. The Morgan fingerprint density at radius 2 is 1.80 bits per heavy atom. The van der Waals surface area contributed by atoms with Gasteiger partial charge in [-0.2, -0.15) is 0 Å². The van der Waals surface area contributed by atoms with Gasteiger partial charge >= 0.3 is 0 Å². The van der Waals surface area contributed by atoms with Crippen LogP contribution in [-0.2, 0) is 6.54 Å². The van der Waals surface area contributed by atoms with Crippen molar-refractivity contribution in [3.05, 3.63) is 69.2 Å². The molecule has 0 saturated heterocycles. The average molecular weight is 332 g/mol. The fraction of sp³-hybridized carbons (Fsp3) is 0.235. The summed E-state index contributed by atoms with van der Waals surface area (Å²) in [5.41, 5.74) is 4.08. The Labute approximate surface area is 128 Å². The monoisotopic (exact) mass is 331 g/mol. The van der Waals surface area contributed by atoms with E-state index in [1.54, 1.807) is 4.90 Å². The van der Waals surface area contributed by atoms with Crippen molar-refractivity contribution < 1.29 is 4.79 Å². The van der Waals surface area contributed by atoms with E-state index in [1.807, 2.05) is 63.4 Å². The summed E-state index contributed by atoms with van der Waals surface area (Å²) in [6.07, 6.45) is 0. The van der Waals surface area contributed by atoms with Gasteiger partial charge in [0.25, 0.3) is 5.91 Å². The lowest BCUT2D eigenvalue weighted by Crippen LogP contribution is -2.27. The molecule has 0 aromatic heterocycles. The van der Waals surface area contributed by atoms with Crippen LogP contribution in [0.3, 0.4) is 0 Å². The number of halogens is 1. The topological polar surface area (TPSA) is 20.3 Å². The lowest BCUT2D eigenvalue weighted by molar-refractivity contribution is 0.0784. The number of hydrogen-bond donors (Lipinski definition) is 0. The molecule has 20 heavy (non-hydrogen) atoms. The minimum absolute atomic E-state index is 0.0574. The van der Waals surface area contributed by atoms with Gasteiger partial charge in [-0.15, -0.1) is 0 Å². The second-order valence-corrected chi connectivity index (χ2v) is 5.85. The molecule has 0 spiro atoms. The van der Waals surface area contributed by atoms with E-state index in [2.05, 4.69) is 15.9 Å². The van der Waals surface area contributed by atoms with E-state index >= 15 is 0 Å². The maximum Gasteiger partial charge on any atom is 0.254 e. The van der Waals surface area contributed by atoms with Gasteiger partial charge < -0.3 is 4.90 Å². The Morgan fingerprint density at radius 1 is 1.10 bits per heavy atom. The largest absolute Gasteiger partial charge is 0.337 e. The van der Waals surface area contributed by atoms with Gasteiger partial charge in [-0.3, -0.25) is 4.79 Å². The first kappa shape index (κ1) is 14.8. The highest BCUT2D eigenvalue weighted by Gasteiger charge is 2.15. The van der Waals surface area contributed by atoms with Crippen molar-refractivity contribution in [2.75, 3.05) is 7.05 Å². The first-order chi connectivity index (χ1) is 9.50. The number of amides is 1. The predicted octanol–water partition coefficient (Wildman–Crippen LogP) is 4.34. The van der Waals surface area contributed by atoms with E-state index < -0.39 is 0 Å². The summed E-state index contributed by atoms with van der Waals surface area (Å²) < 4.78 is 1.03. The van der Waals surface area contributed by atoms with E-state index in [-0.39, 0.29) is 5.91 Å². The zero-order valence-electron chi connectivity index (χ0n) is 12.0. The molecule has 0 fully saturated rings. The number of nitrogens with zero attached hydrogens (tertiary/aromatic N) is 1. The van der Waals surface area contributed by atoms with Gasteiger partial charge in [0, 0.05) is 23.6 Å². The Balaban J connectivity index is 2.21. The van der Waals surface area contributed by atoms with Crippen molar-refractivity contribution in [1.29, 1.82) is 0 Å². The summed E-state index contributed by atoms with van der Waals surface area (Å²) in [5, 5.41) is 0. The van der Waals surface area contributed by atoms with Gasteiger partial charge in [0.2, 0.25) is 0 Å². The molecule has 2 rings (SSSR count). The lowest BCUT2D eigenvalue weighted by Gasteiger charge is -2.19. The van der Waals surface area contributed by atoms with Crippen LogP contribution in [0, 0.1) is 13.8 Å². The minimum atomic E-state index is 0.0574. The van der Waals surface area contributed by atoms with Gasteiger partial charge in [0.15, 0.2) is 0 Å². The molecule has 104 valence electrons. The molecule has 2 aromatic rings. The summed E-state index contributed by atoms with van der Waals surface area (Å²) in [6.45, 7) is 4.61. The fourth-order valence-corrected chi connectivity index (χ4v) is 2.55. The van der Waals surface area contributed by atoms with Crippen LogP contribution in [0.2, 0.25) is 0 Å². The van der Waals surface area contributed by atoms with Gasteiger partial charge in [-0.25, -0.2) is 0 Å². The van der Waals surface area contributed by atoms with Crippen molar-refractivity contribution in [1.82, 2.24) is 4.90 Å². The molecule has 0 aliphatic rings. The average Bonchev–Trinajstić information content (AvgIpc) is 2.43. The summed E-state index contributed by atoms with van der Waals surface area (Å²) in [6, 6.07) is 13.8. The third kappa shape index (κ3) is 3.10. The quantitative estimate of drug-likeness (QED) is 0.819. The van der Waals surface area contributed by atoms with Crippen LogP contribution in [-0.4, -0.2) is 17.9 Å². The first-order valence-corrected chi connectivity index (χ1v) is 7.35. The van der Waals surface area contributed by atoms with Crippen molar-refractivity contribution in [2.24, 2.45) is 0 Å². The standard InChI is InChI=1S/C17H18BrNO/c1-12-7-6-9-15(13(12)2)17(20)19(3)11-14-8-4-5-10-16(14)18/h4-10H,11H2,1-3H3. The van der Waals surface area contributed by atoms with Crippen molar-refractivity contribution >= 4 is 21.8 Å². The van der Waals surface area contributed by atoms with E-state index in [1.165, 1.54) is 0 Å². The minimum Gasteiger partial charge on any atom is -0.337 e. The van der Waals surface area contributed by atoms with E-state index in [4.69, 9.17) is 0 Å². The third-order valence-electron chi connectivity index (χ3n) is 3.55. The van der Waals surface area contributed by atoms with Gasteiger partial charge in [-0.1, -0.05) is 46.3 Å². The second-order valence-electron chi connectivity index (χ2n) is 5.00. The highest BCUT2D eigenvalue weighted by molar-refractivity contribution is 9.10. The molecule has 2 nitrogen and oxygen atoms in total. The van der Waals surface area contributed by atoms with E-state index in [0.717, 1.165) is 26.7 Å². The number of aryl methyl sites for hydroxylation is 1. The number of benzene rings is 2. The first-order valence-electron chi connectivity index (χ1n) is 6.56. The van der Waals surface area contributed by atoms with E-state index in [9.17, 15) is 4.79 Å². The number of hydrogen-bond acceptors (Lipinski definition) is 1. The summed E-state index contributed by atoms with van der Waals surface area (Å²) in [4.78, 5) is 14.3. The molecule has 2 aromatic carbocycles. The maximum atomic E-state index is 12.5. The van der Waals surface area contributed by atoms with Crippen LogP contribution in [0.1, 0.15) is 27.0 Å². The van der Waals surface area contributed by atoms with Gasteiger partial charge in [0.05, 0.1) is 0 Å². The van der Waals surface area contributed by atoms with Crippen molar-refractivity contribution in [3.63, 3.8) is 0 Å². The Kier molecular flexibility index (Phi) is 4.61. The van der Waals surface area contributed by atoms with Crippen LogP contribution >= 0.6 is 15.9 Å². The van der Waals surface area contributed by atoms with Crippen LogP contribution < -0.4 is 0 Å². The lowest BCUT2D eigenvalue weighted by atomic mass is 10.0.